The van der Waals surface area contributed by atoms with Gasteiger partial charge in [0.05, 0.1) is 35.7 Å². The third-order valence-corrected chi connectivity index (χ3v) is 4.92. The van der Waals surface area contributed by atoms with E-state index in [1.54, 1.807) is 29.0 Å². The molecular formula is C21H25FN2O4. The average Bonchev–Trinajstić information content (AvgIpc) is 2.81. The summed E-state index contributed by atoms with van der Waals surface area (Å²) in [6.45, 7) is 0. The summed E-state index contributed by atoms with van der Waals surface area (Å²) >= 11 is 0. The fourth-order valence-electron chi connectivity index (χ4n) is 3.55. The Morgan fingerprint density at radius 3 is 2.61 bits per heavy atom. The van der Waals surface area contributed by atoms with Crippen molar-refractivity contribution < 1.29 is 24.5 Å². The van der Waals surface area contributed by atoms with Gasteiger partial charge in [-0.2, -0.15) is 5.10 Å². The van der Waals surface area contributed by atoms with E-state index in [0.717, 1.165) is 54.7 Å². The van der Waals surface area contributed by atoms with Crippen molar-refractivity contribution in [2.45, 2.75) is 57.2 Å². The number of benzene rings is 1. The molecule has 3 N–H and O–H groups in total. The lowest BCUT2D eigenvalue weighted by atomic mass is 10.1. The first-order valence-corrected chi connectivity index (χ1v) is 9.57. The van der Waals surface area contributed by atoms with Crippen LogP contribution in [0.2, 0.25) is 0 Å². The van der Waals surface area contributed by atoms with Crippen molar-refractivity contribution in [2.24, 2.45) is 0 Å². The SMILES string of the molecule is O=C(O)C[C@@H](O)C[C@@H](O)/C=C/c1c2c(nn1-c1ccc(F)cc1)CCCCC2. The fourth-order valence-corrected chi connectivity index (χ4v) is 3.55. The van der Waals surface area contributed by atoms with Crippen LogP contribution in [0.1, 0.15) is 49.1 Å². The average molecular weight is 388 g/mol. The highest BCUT2D eigenvalue weighted by Crippen LogP contribution is 2.27. The van der Waals surface area contributed by atoms with Gasteiger partial charge in [-0.1, -0.05) is 12.5 Å². The molecule has 0 spiro atoms. The lowest BCUT2D eigenvalue weighted by molar-refractivity contribution is -0.139. The number of carboxylic acids is 1. The molecule has 3 rings (SSSR count). The molecular weight excluding hydrogens is 363 g/mol. The van der Waals surface area contributed by atoms with Crippen LogP contribution in [0.5, 0.6) is 0 Å². The Labute approximate surface area is 162 Å². The minimum Gasteiger partial charge on any atom is -0.481 e. The predicted molar refractivity (Wildman–Crippen MR) is 103 cm³/mol. The largest absolute Gasteiger partial charge is 0.481 e. The standard InChI is InChI=1S/C21H25FN2O4/c22-14-6-8-15(9-7-14)24-20(18-4-2-1-3-5-19(18)23-24)11-10-16(25)12-17(26)13-21(27)28/h6-11,16-17,25-26H,1-5,12-13H2,(H,27,28)/b11-10+/t16-,17-/m0/s1. The zero-order valence-corrected chi connectivity index (χ0v) is 15.6. The maximum Gasteiger partial charge on any atom is 0.305 e. The first-order valence-electron chi connectivity index (χ1n) is 9.57. The lowest BCUT2D eigenvalue weighted by Crippen LogP contribution is -2.19. The fraction of sp³-hybridized carbons (Fsp3) is 0.429. The molecule has 150 valence electrons. The van der Waals surface area contributed by atoms with Gasteiger partial charge in [-0.25, -0.2) is 9.07 Å². The maximum absolute atomic E-state index is 13.3. The van der Waals surface area contributed by atoms with Gasteiger partial charge >= 0.3 is 5.97 Å². The number of aliphatic hydroxyl groups is 2. The molecule has 1 aromatic heterocycles. The van der Waals surface area contributed by atoms with Crippen molar-refractivity contribution in [2.75, 3.05) is 0 Å². The number of aryl methyl sites for hydroxylation is 1. The molecule has 6 nitrogen and oxygen atoms in total. The molecule has 0 fully saturated rings. The molecule has 0 aliphatic heterocycles. The summed E-state index contributed by atoms with van der Waals surface area (Å²) in [5, 5.41) is 33.3. The number of halogens is 1. The number of aliphatic carboxylic acids is 1. The van der Waals surface area contributed by atoms with E-state index in [9.17, 15) is 19.4 Å². The Bertz CT molecular complexity index is 845. The molecule has 1 aromatic carbocycles. The third-order valence-electron chi connectivity index (χ3n) is 4.92. The number of fused-ring (bicyclic) bond motifs is 1. The van der Waals surface area contributed by atoms with E-state index >= 15 is 0 Å². The number of carbonyl (C=O) groups is 1. The molecule has 0 saturated carbocycles. The molecule has 2 aromatic rings. The Morgan fingerprint density at radius 2 is 1.89 bits per heavy atom. The smallest absolute Gasteiger partial charge is 0.305 e. The highest BCUT2D eigenvalue weighted by atomic mass is 19.1. The summed E-state index contributed by atoms with van der Waals surface area (Å²) in [6.07, 6.45) is 5.78. The van der Waals surface area contributed by atoms with Crippen LogP contribution in [-0.4, -0.2) is 43.3 Å². The summed E-state index contributed by atoms with van der Waals surface area (Å²) in [4.78, 5) is 10.7. The minimum absolute atomic E-state index is 0.0598. The van der Waals surface area contributed by atoms with Gasteiger partial charge in [0, 0.05) is 12.0 Å². The highest BCUT2D eigenvalue weighted by molar-refractivity contribution is 5.67. The zero-order valence-electron chi connectivity index (χ0n) is 15.6. The summed E-state index contributed by atoms with van der Waals surface area (Å²) < 4.78 is 15.1. The van der Waals surface area contributed by atoms with Crippen molar-refractivity contribution in [1.82, 2.24) is 9.78 Å². The molecule has 0 amide bonds. The minimum atomic E-state index is -1.11. The monoisotopic (exact) mass is 388 g/mol. The van der Waals surface area contributed by atoms with Crippen LogP contribution in [0.25, 0.3) is 11.8 Å². The van der Waals surface area contributed by atoms with Gasteiger partial charge in [-0.15, -0.1) is 0 Å². The Morgan fingerprint density at radius 1 is 1.18 bits per heavy atom. The van der Waals surface area contributed by atoms with Gasteiger partial charge in [0.15, 0.2) is 0 Å². The summed E-state index contributed by atoms with van der Waals surface area (Å²) in [5.74, 6) is -1.43. The van der Waals surface area contributed by atoms with Gasteiger partial charge < -0.3 is 15.3 Å². The van der Waals surface area contributed by atoms with Crippen LogP contribution in [0, 0.1) is 5.82 Å². The number of carboxylic acid groups (broad SMARTS) is 1. The molecule has 0 bridgehead atoms. The van der Waals surface area contributed by atoms with Crippen LogP contribution in [-0.2, 0) is 17.6 Å². The predicted octanol–water partition coefficient (Wildman–Crippen LogP) is 2.88. The first-order chi connectivity index (χ1) is 13.4. The van der Waals surface area contributed by atoms with Gasteiger partial charge in [-0.05, 0) is 56.0 Å². The first kappa shape index (κ1) is 20.2. The van der Waals surface area contributed by atoms with Crippen molar-refractivity contribution in [3.8, 4) is 5.69 Å². The Kier molecular flexibility index (Phi) is 6.59. The number of hydrogen-bond acceptors (Lipinski definition) is 4. The van der Waals surface area contributed by atoms with E-state index in [1.165, 1.54) is 12.1 Å². The molecule has 0 saturated heterocycles. The van der Waals surface area contributed by atoms with Crippen molar-refractivity contribution in [3.05, 3.63) is 53.1 Å². The molecule has 1 aliphatic carbocycles. The highest BCUT2D eigenvalue weighted by Gasteiger charge is 2.20. The summed E-state index contributed by atoms with van der Waals surface area (Å²) in [7, 11) is 0. The molecule has 0 radical (unpaired) electrons. The normalized spacial score (nSPS) is 16.5. The van der Waals surface area contributed by atoms with Crippen molar-refractivity contribution >= 4 is 12.0 Å². The van der Waals surface area contributed by atoms with Gasteiger partial charge in [-0.3, -0.25) is 4.79 Å². The van der Waals surface area contributed by atoms with Crippen LogP contribution in [0.3, 0.4) is 0 Å². The second kappa shape index (κ2) is 9.12. The van der Waals surface area contributed by atoms with Crippen molar-refractivity contribution in [1.29, 1.82) is 0 Å². The molecule has 1 aliphatic rings. The number of nitrogens with zero attached hydrogens (tertiary/aromatic N) is 2. The third kappa shape index (κ3) is 5.05. The number of rotatable bonds is 7. The molecule has 28 heavy (non-hydrogen) atoms. The molecule has 0 unspecified atom stereocenters. The number of aromatic nitrogens is 2. The van der Waals surface area contributed by atoms with E-state index in [4.69, 9.17) is 10.2 Å². The van der Waals surface area contributed by atoms with Crippen LogP contribution in [0.15, 0.2) is 30.3 Å². The number of aliphatic hydroxyl groups excluding tert-OH is 2. The van der Waals surface area contributed by atoms with Gasteiger partial charge in [0.2, 0.25) is 0 Å². The van der Waals surface area contributed by atoms with Crippen LogP contribution in [0.4, 0.5) is 4.39 Å². The van der Waals surface area contributed by atoms with E-state index in [-0.39, 0.29) is 12.2 Å². The summed E-state index contributed by atoms with van der Waals surface area (Å²) in [5.41, 5.74) is 3.70. The van der Waals surface area contributed by atoms with Crippen LogP contribution >= 0.6 is 0 Å². The maximum atomic E-state index is 13.3. The van der Waals surface area contributed by atoms with E-state index in [0.29, 0.717) is 0 Å². The quantitative estimate of drug-likeness (QED) is 0.634. The van der Waals surface area contributed by atoms with Gasteiger partial charge in [0.1, 0.15) is 5.82 Å². The Balaban J connectivity index is 1.88. The zero-order chi connectivity index (χ0) is 20.1. The molecule has 1 heterocycles. The second-order valence-electron chi connectivity index (χ2n) is 7.17. The number of hydrogen-bond donors (Lipinski definition) is 3. The Hall–Kier alpha value is -2.51. The molecule has 7 heteroatoms. The van der Waals surface area contributed by atoms with Gasteiger partial charge in [0.25, 0.3) is 0 Å². The van der Waals surface area contributed by atoms with E-state index in [2.05, 4.69) is 0 Å². The van der Waals surface area contributed by atoms with E-state index < -0.39 is 24.6 Å². The lowest BCUT2D eigenvalue weighted by Gasteiger charge is -2.11. The molecule has 2 atom stereocenters. The van der Waals surface area contributed by atoms with E-state index in [1.807, 2.05) is 0 Å². The van der Waals surface area contributed by atoms with Crippen molar-refractivity contribution in [3.63, 3.8) is 0 Å². The topological polar surface area (TPSA) is 95.6 Å². The second-order valence-corrected chi connectivity index (χ2v) is 7.17. The van der Waals surface area contributed by atoms with Crippen LogP contribution < -0.4 is 0 Å². The summed E-state index contributed by atoms with van der Waals surface area (Å²) in [6, 6.07) is 6.08.